The van der Waals surface area contributed by atoms with Crippen LogP contribution < -0.4 is 5.32 Å². The van der Waals surface area contributed by atoms with Crippen molar-refractivity contribution in [2.45, 2.75) is 53.6 Å². The van der Waals surface area contributed by atoms with Gasteiger partial charge in [-0.3, -0.25) is 4.79 Å². The van der Waals surface area contributed by atoms with Crippen LogP contribution in [0, 0.1) is 12.8 Å². The average molecular weight is 492 g/mol. The van der Waals surface area contributed by atoms with E-state index in [-0.39, 0.29) is 24.4 Å². The van der Waals surface area contributed by atoms with Gasteiger partial charge in [0.05, 0.1) is 6.54 Å². The predicted octanol–water partition coefficient (Wildman–Crippen LogP) is 6.73. The molecule has 1 atom stereocenters. The number of nitrogens with one attached hydrogen (secondary N) is 1. The molecule has 35 heavy (non-hydrogen) atoms. The summed E-state index contributed by atoms with van der Waals surface area (Å²) in [6.45, 7) is 9.98. The fraction of sp³-hybridized carbons (Fsp3) is 0.379. The van der Waals surface area contributed by atoms with E-state index in [1.807, 2.05) is 59.5 Å². The van der Waals surface area contributed by atoms with Crippen LogP contribution in [-0.2, 0) is 24.3 Å². The molecule has 0 bridgehead atoms. The lowest BCUT2D eigenvalue weighted by atomic mass is 10.1. The number of carbonyl (C=O) groups is 2. The number of amides is 3. The molecule has 3 aromatic rings. The number of aryl methyl sites for hydroxylation is 2. The number of anilines is 1. The van der Waals surface area contributed by atoms with Gasteiger partial charge in [-0.1, -0.05) is 69.7 Å². The third-order valence-electron chi connectivity index (χ3n) is 6.14. The van der Waals surface area contributed by atoms with Gasteiger partial charge >= 0.3 is 6.03 Å². The van der Waals surface area contributed by atoms with E-state index in [0.29, 0.717) is 19.6 Å². The average Bonchev–Trinajstić information content (AvgIpc) is 3.28. The molecule has 6 heteroatoms. The van der Waals surface area contributed by atoms with Gasteiger partial charge in [0.1, 0.15) is 6.54 Å². The maximum atomic E-state index is 13.6. The summed E-state index contributed by atoms with van der Waals surface area (Å²) < 4.78 is 0. The summed E-state index contributed by atoms with van der Waals surface area (Å²) in [5.74, 6) is 0.235. The van der Waals surface area contributed by atoms with Crippen molar-refractivity contribution in [3.8, 4) is 0 Å². The van der Waals surface area contributed by atoms with Crippen molar-refractivity contribution in [2.75, 3.05) is 18.4 Å². The van der Waals surface area contributed by atoms with Crippen molar-refractivity contribution in [1.82, 2.24) is 9.80 Å². The molecule has 0 aliphatic rings. The van der Waals surface area contributed by atoms with Crippen LogP contribution >= 0.6 is 11.3 Å². The second kappa shape index (κ2) is 13.1. The lowest BCUT2D eigenvalue weighted by Gasteiger charge is -2.29. The molecule has 0 spiro atoms. The number of rotatable bonds is 11. The Hall–Kier alpha value is -3.12. The summed E-state index contributed by atoms with van der Waals surface area (Å²) in [5, 5.41) is 3.01. The first-order valence-corrected chi connectivity index (χ1v) is 13.2. The third kappa shape index (κ3) is 8.25. The highest BCUT2D eigenvalue weighted by molar-refractivity contribution is 7.11. The maximum Gasteiger partial charge on any atom is 0.322 e. The summed E-state index contributed by atoms with van der Waals surface area (Å²) in [5.41, 5.74) is 2.99. The Labute approximate surface area is 213 Å². The van der Waals surface area contributed by atoms with Gasteiger partial charge in [0.25, 0.3) is 0 Å². The third-order valence-corrected chi connectivity index (χ3v) is 7.13. The zero-order valence-electron chi connectivity index (χ0n) is 21.3. The Morgan fingerprint density at radius 2 is 1.66 bits per heavy atom. The van der Waals surface area contributed by atoms with Crippen LogP contribution in [0.2, 0.25) is 0 Å². The minimum atomic E-state index is -0.237. The molecule has 0 unspecified atom stereocenters. The van der Waals surface area contributed by atoms with Crippen LogP contribution in [0.1, 0.15) is 48.1 Å². The van der Waals surface area contributed by atoms with Gasteiger partial charge in [-0.15, -0.1) is 11.3 Å². The first-order chi connectivity index (χ1) is 16.9. The van der Waals surface area contributed by atoms with Crippen molar-refractivity contribution in [2.24, 2.45) is 5.92 Å². The lowest BCUT2D eigenvalue weighted by Crippen LogP contribution is -2.45. The van der Waals surface area contributed by atoms with Gasteiger partial charge in [0, 0.05) is 28.5 Å². The van der Waals surface area contributed by atoms with E-state index < -0.39 is 0 Å². The molecule has 186 valence electrons. The Bertz CT molecular complexity index is 1100. The number of carbonyl (C=O) groups excluding carboxylic acids is 2. The quantitative estimate of drug-likeness (QED) is 0.323. The number of thiophene rings is 1. The standard InChI is InChI=1S/C29H37N3O2S/c1-5-22(3)18-32(29(34)30-26-14-10-13-24(6-2)17-26)21-28(33)31(19-25-11-8-7-9-12-25)20-27-16-15-23(4)35-27/h7-17,22H,5-6,18-21H2,1-4H3,(H,30,34)/t22-/m0/s1. The maximum absolute atomic E-state index is 13.6. The smallest absolute Gasteiger partial charge is 0.322 e. The van der Waals surface area contributed by atoms with E-state index in [4.69, 9.17) is 0 Å². The van der Waals surface area contributed by atoms with Gasteiger partial charge in [-0.2, -0.15) is 0 Å². The van der Waals surface area contributed by atoms with Crippen LogP contribution in [0.3, 0.4) is 0 Å². The van der Waals surface area contributed by atoms with Gasteiger partial charge in [-0.05, 0) is 54.7 Å². The van der Waals surface area contributed by atoms with Crippen molar-refractivity contribution in [3.05, 3.63) is 87.6 Å². The van der Waals surface area contributed by atoms with Crippen LogP contribution in [0.4, 0.5) is 10.5 Å². The normalized spacial score (nSPS) is 11.7. The highest BCUT2D eigenvalue weighted by Gasteiger charge is 2.23. The van der Waals surface area contributed by atoms with Crippen molar-refractivity contribution in [1.29, 1.82) is 0 Å². The molecule has 1 N–H and O–H groups in total. The topological polar surface area (TPSA) is 52.7 Å². The SMILES string of the molecule is CCc1cccc(NC(=O)N(CC(=O)N(Cc2ccccc2)Cc2ccc(C)s2)C[C@@H](C)CC)c1. The van der Waals surface area contributed by atoms with Gasteiger partial charge in [0.2, 0.25) is 5.91 Å². The number of hydrogen-bond donors (Lipinski definition) is 1. The molecule has 3 amide bonds. The van der Waals surface area contributed by atoms with Crippen LogP contribution in [0.15, 0.2) is 66.7 Å². The first kappa shape index (κ1) is 26.5. The van der Waals surface area contributed by atoms with Crippen LogP contribution in [0.25, 0.3) is 0 Å². The molecular formula is C29H37N3O2S. The summed E-state index contributed by atoms with van der Waals surface area (Å²) in [7, 11) is 0. The van der Waals surface area contributed by atoms with Crippen LogP contribution in [0.5, 0.6) is 0 Å². The lowest BCUT2D eigenvalue weighted by molar-refractivity contribution is -0.133. The molecule has 0 saturated carbocycles. The highest BCUT2D eigenvalue weighted by Crippen LogP contribution is 2.20. The van der Waals surface area contributed by atoms with E-state index in [9.17, 15) is 9.59 Å². The zero-order valence-corrected chi connectivity index (χ0v) is 22.1. The van der Waals surface area contributed by atoms with E-state index in [0.717, 1.165) is 34.5 Å². The van der Waals surface area contributed by atoms with Gasteiger partial charge in [-0.25, -0.2) is 4.79 Å². The molecule has 5 nitrogen and oxygen atoms in total. The predicted molar refractivity (Wildman–Crippen MR) is 146 cm³/mol. The van der Waals surface area contributed by atoms with E-state index in [1.165, 1.54) is 4.88 Å². The fourth-order valence-electron chi connectivity index (χ4n) is 3.85. The molecule has 0 saturated heterocycles. The summed E-state index contributed by atoms with van der Waals surface area (Å²) in [6.07, 6.45) is 1.83. The molecule has 0 fully saturated rings. The van der Waals surface area contributed by atoms with Gasteiger partial charge in [0.15, 0.2) is 0 Å². The second-order valence-corrected chi connectivity index (χ2v) is 10.5. The number of hydrogen-bond acceptors (Lipinski definition) is 3. The number of benzene rings is 2. The molecule has 3 rings (SSSR count). The van der Waals surface area contributed by atoms with E-state index in [2.05, 4.69) is 45.1 Å². The zero-order chi connectivity index (χ0) is 25.2. The molecule has 1 heterocycles. The summed E-state index contributed by atoms with van der Waals surface area (Å²) in [4.78, 5) is 32.8. The van der Waals surface area contributed by atoms with Crippen molar-refractivity contribution >= 4 is 29.0 Å². The molecule has 1 aromatic heterocycles. The molecule has 0 aliphatic carbocycles. The Balaban J connectivity index is 1.78. The Kier molecular flexibility index (Phi) is 9.91. The van der Waals surface area contributed by atoms with E-state index in [1.54, 1.807) is 16.2 Å². The summed E-state index contributed by atoms with van der Waals surface area (Å²) in [6, 6.07) is 21.8. The first-order valence-electron chi connectivity index (χ1n) is 12.4. The summed E-state index contributed by atoms with van der Waals surface area (Å²) >= 11 is 1.70. The molecule has 0 radical (unpaired) electrons. The number of urea groups is 1. The largest absolute Gasteiger partial charge is 0.332 e. The van der Waals surface area contributed by atoms with Crippen molar-refractivity contribution < 1.29 is 9.59 Å². The van der Waals surface area contributed by atoms with Crippen LogP contribution in [-0.4, -0.2) is 34.8 Å². The highest BCUT2D eigenvalue weighted by atomic mass is 32.1. The van der Waals surface area contributed by atoms with Crippen molar-refractivity contribution in [3.63, 3.8) is 0 Å². The molecule has 0 aliphatic heterocycles. The Morgan fingerprint density at radius 1 is 0.914 bits per heavy atom. The minimum Gasteiger partial charge on any atom is -0.332 e. The fourth-order valence-corrected chi connectivity index (χ4v) is 4.76. The molecular weight excluding hydrogens is 454 g/mol. The van der Waals surface area contributed by atoms with E-state index >= 15 is 0 Å². The second-order valence-electron chi connectivity index (χ2n) is 9.13. The molecule has 2 aromatic carbocycles. The monoisotopic (exact) mass is 491 g/mol. The van der Waals surface area contributed by atoms with Gasteiger partial charge < -0.3 is 15.1 Å². The minimum absolute atomic E-state index is 0.0425. The number of nitrogens with zero attached hydrogens (tertiary/aromatic N) is 2. The Morgan fingerprint density at radius 3 is 2.31 bits per heavy atom.